The zero-order valence-corrected chi connectivity index (χ0v) is 11.7. The lowest BCUT2D eigenvalue weighted by Crippen LogP contribution is -2.30. The van der Waals surface area contributed by atoms with E-state index in [0.29, 0.717) is 6.42 Å². The molecular formula is C16H22N2O. The van der Waals surface area contributed by atoms with Gasteiger partial charge >= 0.3 is 0 Å². The Hall–Kier alpha value is -1.61. The van der Waals surface area contributed by atoms with E-state index in [-0.39, 0.29) is 11.9 Å². The average Bonchev–Trinajstić information content (AvgIpc) is 2.39. The molecule has 2 rings (SSSR count). The summed E-state index contributed by atoms with van der Waals surface area (Å²) in [6, 6.07) is 6.54. The predicted octanol–water partition coefficient (Wildman–Crippen LogP) is 2.74. The van der Waals surface area contributed by atoms with Gasteiger partial charge in [-0.1, -0.05) is 18.2 Å². The monoisotopic (exact) mass is 258 g/mol. The van der Waals surface area contributed by atoms with E-state index in [1.165, 1.54) is 11.1 Å². The molecule has 1 heterocycles. The van der Waals surface area contributed by atoms with Crippen molar-refractivity contribution in [2.24, 2.45) is 5.73 Å². The predicted molar refractivity (Wildman–Crippen MR) is 80.1 cm³/mol. The smallest absolute Gasteiger partial charge is 0.227 e. The number of nitrogens with two attached hydrogens (primary N) is 1. The van der Waals surface area contributed by atoms with Crippen molar-refractivity contribution in [1.82, 2.24) is 0 Å². The number of hydrogen-bond donors (Lipinski definition) is 1. The van der Waals surface area contributed by atoms with Crippen LogP contribution in [-0.4, -0.2) is 19.0 Å². The average molecular weight is 258 g/mol. The van der Waals surface area contributed by atoms with Crippen LogP contribution in [0.3, 0.4) is 0 Å². The molecule has 1 aromatic carbocycles. The number of allylic oxidation sites excluding steroid dienone is 1. The van der Waals surface area contributed by atoms with Crippen LogP contribution in [-0.2, 0) is 11.2 Å². The van der Waals surface area contributed by atoms with Gasteiger partial charge in [-0.25, -0.2) is 0 Å². The molecule has 1 unspecified atom stereocenters. The number of carbonyl (C=O) groups excluding carboxylic acids is 1. The van der Waals surface area contributed by atoms with Crippen molar-refractivity contribution in [1.29, 1.82) is 0 Å². The van der Waals surface area contributed by atoms with Crippen molar-refractivity contribution in [3.05, 3.63) is 35.4 Å². The second-order valence-electron chi connectivity index (χ2n) is 5.30. The molecule has 0 saturated carbocycles. The van der Waals surface area contributed by atoms with Crippen LogP contribution in [0.5, 0.6) is 0 Å². The Morgan fingerprint density at radius 3 is 2.95 bits per heavy atom. The third-order valence-corrected chi connectivity index (χ3v) is 3.55. The molecule has 0 saturated heterocycles. The Morgan fingerprint density at radius 1 is 1.42 bits per heavy atom. The first-order chi connectivity index (χ1) is 9.08. The molecule has 1 aliphatic heterocycles. The van der Waals surface area contributed by atoms with Gasteiger partial charge in [0.2, 0.25) is 5.91 Å². The third kappa shape index (κ3) is 3.44. The Labute approximate surface area is 115 Å². The number of hydrogen-bond acceptors (Lipinski definition) is 2. The topological polar surface area (TPSA) is 46.3 Å². The molecule has 3 nitrogen and oxygen atoms in total. The summed E-state index contributed by atoms with van der Waals surface area (Å²) in [6.07, 6.45) is 7.79. The van der Waals surface area contributed by atoms with E-state index in [2.05, 4.69) is 24.3 Å². The standard InChI is InChI=1S/C16H22N2O/c1-12(17)5-3-4-6-13-7-9-15-14(11-13)8-10-16(19)18(15)2/h4,6-7,9,11-12H,3,5,8,10,17H2,1-2H3/b6-4+. The number of amides is 1. The van der Waals surface area contributed by atoms with Gasteiger partial charge in [-0.2, -0.15) is 0 Å². The highest BCUT2D eigenvalue weighted by Gasteiger charge is 2.20. The van der Waals surface area contributed by atoms with E-state index >= 15 is 0 Å². The van der Waals surface area contributed by atoms with Crippen LogP contribution in [0.15, 0.2) is 24.3 Å². The summed E-state index contributed by atoms with van der Waals surface area (Å²) in [5, 5.41) is 0. The maximum absolute atomic E-state index is 11.6. The Bertz CT molecular complexity index is 492. The van der Waals surface area contributed by atoms with Crippen LogP contribution >= 0.6 is 0 Å². The van der Waals surface area contributed by atoms with Gasteiger partial charge in [0, 0.05) is 25.2 Å². The summed E-state index contributed by atoms with van der Waals surface area (Å²) in [5.41, 5.74) is 9.23. The normalized spacial score (nSPS) is 16.8. The summed E-state index contributed by atoms with van der Waals surface area (Å²) in [6.45, 7) is 2.03. The maximum atomic E-state index is 11.6. The van der Waals surface area contributed by atoms with Gasteiger partial charge in [-0.15, -0.1) is 0 Å². The van der Waals surface area contributed by atoms with Crippen molar-refractivity contribution in [2.45, 2.75) is 38.6 Å². The molecule has 0 radical (unpaired) electrons. The van der Waals surface area contributed by atoms with E-state index < -0.39 is 0 Å². The number of anilines is 1. The summed E-state index contributed by atoms with van der Waals surface area (Å²) >= 11 is 0. The number of fused-ring (bicyclic) bond motifs is 1. The summed E-state index contributed by atoms with van der Waals surface area (Å²) < 4.78 is 0. The van der Waals surface area contributed by atoms with E-state index in [4.69, 9.17) is 5.73 Å². The first kappa shape index (κ1) is 13.8. The van der Waals surface area contributed by atoms with Crippen molar-refractivity contribution in [3.8, 4) is 0 Å². The molecule has 1 atom stereocenters. The van der Waals surface area contributed by atoms with Gasteiger partial charge in [0.1, 0.15) is 0 Å². The van der Waals surface area contributed by atoms with Crippen LogP contribution in [0.4, 0.5) is 5.69 Å². The van der Waals surface area contributed by atoms with E-state index in [9.17, 15) is 4.79 Å². The molecule has 1 aromatic rings. The van der Waals surface area contributed by atoms with E-state index in [1.807, 2.05) is 20.0 Å². The molecule has 0 bridgehead atoms. The summed E-state index contributed by atoms with van der Waals surface area (Å²) in [5.74, 6) is 0.202. The Morgan fingerprint density at radius 2 is 2.21 bits per heavy atom. The second-order valence-corrected chi connectivity index (χ2v) is 5.30. The fourth-order valence-corrected chi connectivity index (χ4v) is 2.36. The quantitative estimate of drug-likeness (QED) is 0.902. The van der Waals surface area contributed by atoms with Gasteiger partial charge in [0.15, 0.2) is 0 Å². The molecule has 3 heteroatoms. The van der Waals surface area contributed by atoms with E-state index in [1.54, 1.807) is 4.90 Å². The molecule has 1 aliphatic rings. The highest BCUT2D eigenvalue weighted by Crippen LogP contribution is 2.27. The number of carbonyl (C=O) groups is 1. The van der Waals surface area contributed by atoms with Crippen molar-refractivity contribution >= 4 is 17.7 Å². The minimum Gasteiger partial charge on any atom is -0.328 e. The van der Waals surface area contributed by atoms with Crippen molar-refractivity contribution in [3.63, 3.8) is 0 Å². The first-order valence-electron chi connectivity index (χ1n) is 6.89. The fourth-order valence-electron chi connectivity index (χ4n) is 2.36. The third-order valence-electron chi connectivity index (χ3n) is 3.55. The zero-order chi connectivity index (χ0) is 13.8. The van der Waals surface area contributed by atoms with Gasteiger partial charge in [0.05, 0.1) is 0 Å². The molecule has 102 valence electrons. The van der Waals surface area contributed by atoms with Crippen LogP contribution < -0.4 is 10.6 Å². The number of nitrogens with zero attached hydrogens (tertiary/aromatic N) is 1. The Kier molecular flexibility index (Phi) is 4.38. The molecule has 19 heavy (non-hydrogen) atoms. The van der Waals surface area contributed by atoms with Gasteiger partial charge < -0.3 is 10.6 Å². The molecule has 1 amide bonds. The largest absolute Gasteiger partial charge is 0.328 e. The SMILES string of the molecule is CC(N)CC/C=C/c1ccc2c(c1)CCC(=O)N2C. The molecule has 0 aromatic heterocycles. The lowest BCUT2D eigenvalue weighted by atomic mass is 9.99. The number of rotatable bonds is 4. The van der Waals surface area contributed by atoms with Crippen LogP contribution in [0.2, 0.25) is 0 Å². The zero-order valence-electron chi connectivity index (χ0n) is 11.7. The lowest BCUT2D eigenvalue weighted by Gasteiger charge is -2.25. The molecule has 0 aliphatic carbocycles. The summed E-state index contributed by atoms with van der Waals surface area (Å²) in [4.78, 5) is 13.4. The van der Waals surface area contributed by atoms with E-state index in [0.717, 1.165) is 24.9 Å². The minimum absolute atomic E-state index is 0.202. The van der Waals surface area contributed by atoms with Crippen molar-refractivity contribution in [2.75, 3.05) is 11.9 Å². The molecular weight excluding hydrogens is 236 g/mol. The number of aryl methyl sites for hydroxylation is 1. The summed E-state index contributed by atoms with van der Waals surface area (Å²) in [7, 11) is 1.85. The molecule has 2 N–H and O–H groups in total. The molecule has 0 spiro atoms. The lowest BCUT2D eigenvalue weighted by molar-refractivity contribution is -0.118. The fraction of sp³-hybridized carbons (Fsp3) is 0.438. The van der Waals surface area contributed by atoms with Gasteiger partial charge in [-0.05, 0) is 49.4 Å². The van der Waals surface area contributed by atoms with Gasteiger partial charge in [-0.3, -0.25) is 4.79 Å². The van der Waals surface area contributed by atoms with Crippen LogP contribution in [0, 0.1) is 0 Å². The highest BCUT2D eigenvalue weighted by atomic mass is 16.2. The maximum Gasteiger partial charge on any atom is 0.227 e. The first-order valence-corrected chi connectivity index (χ1v) is 6.89. The molecule has 0 fully saturated rings. The number of benzene rings is 1. The minimum atomic E-state index is 0.202. The van der Waals surface area contributed by atoms with Crippen LogP contribution in [0.1, 0.15) is 37.3 Å². The second kappa shape index (κ2) is 6.02. The van der Waals surface area contributed by atoms with Crippen LogP contribution in [0.25, 0.3) is 6.08 Å². The van der Waals surface area contributed by atoms with Crippen molar-refractivity contribution < 1.29 is 4.79 Å². The Balaban J connectivity index is 2.07. The van der Waals surface area contributed by atoms with Gasteiger partial charge in [0.25, 0.3) is 0 Å². The highest BCUT2D eigenvalue weighted by molar-refractivity contribution is 5.96.